The van der Waals surface area contributed by atoms with Crippen molar-refractivity contribution in [2.45, 2.75) is 39.3 Å². The maximum absolute atomic E-state index is 12.4. The van der Waals surface area contributed by atoms with Gasteiger partial charge in [-0.3, -0.25) is 9.59 Å². The molecule has 3 N–H and O–H groups in total. The van der Waals surface area contributed by atoms with Crippen LogP contribution in [0.5, 0.6) is 0 Å². The number of aromatic amines is 1. The van der Waals surface area contributed by atoms with E-state index in [1.54, 1.807) is 45.0 Å². The molecule has 1 aromatic heterocycles. The van der Waals surface area contributed by atoms with E-state index in [2.05, 4.69) is 20.6 Å². The van der Waals surface area contributed by atoms with Crippen molar-refractivity contribution in [1.82, 2.24) is 15.3 Å². The molecule has 1 heterocycles. The molecule has 9 heteroatoms. The van der Waals surface area contributed by atoms with Crippen molar-refractivity contribution in [2.24, 2.45) is 0 Å². The second kappa shape index (κ2) is 8.22. The summed E-state index contributed by atoms with van der Waals surface area (Å²) in [6.45, 7) is 6.68. The second-order valence-corrected chi connectivity index (χ2v) is 7.25. The Bertz CT molecular complexity index is 840. The summed E-state index contributed by atoms with van der Waals surface area (Å²) in [7, 11) is 0. The summed E-state index contributed by atoms with van der Waals surface area (Å²) < 4.78 is 5.21. The lowest BCUT2D eigenvalue weighted by Gasteiger charge is -2.22. The Morgan fingerprint density at radius 1 is 1.15 bits per heavy atom. The van der Waals surface area contributed by atoms with Gasteiger partial charge < -0.3 is 20.4 Å². The molecule has 0 bridgehead atoms. The van der Waals surface area contributed by atoms with E-state index in [9.17, 15) is 14.4 Å². The number of H-pyrrole nitrogens is 1. The zero-order valence-corrected chi connectivity index (χ0v) is 16.2. The van der Waals surface area contributed by atoms with Crippen molar-refractivity contribution in [1.29, 1.82) is 0 Å². The maximum atomic E-state index is 12.4. The number of nitrogens with zero attached hydrogens (tertiary/aromatic N) is 1. The van der Waals surface area contributed by atoms with Gasteiger partial charge in [-0.1, -0.05) is 11.6 Å². The Hall–Kier alpha value is -2.87. The molecule has 0 aliphatic heterocycles. The first-order valence-corrected chi connectivity index (χ1v) is 8.58. The molecule has 1 atom stereocenters. The van der Waals surface area contributed by atoms with Crippen molar-refractivity contribution >= 4 is 35.1 Å². The minimum absolute atomic E-state index is 0.0585. The van der Waals surface area contributed by atoms with Crippen LogP contribution in [0.15, 0.2) is 30.6 Å². The molecule has 144 valence electrons. The van der Waals surface area contributed by atoms with Crippen molar-refractivity contribution in [3.8, 4) is 0 Å². The van der Waals surface area contributed by atoms with Crippen LogP contribution in [0.25, 0.3) is 0 Å². The van der Waals surface area contributed by atoms with Crippen LogP contribution in [-0.2, 0) is 9.53 Å². The Morgan fingerprint density at radius 3 is 2.37 bits per heavy atom. The number of nitrogens with one attached hydrogen (secondary N) is 3. The number of rotatable bonds is 5. The molecule has 0 aliphatic carbocycles. The molecule has 0 spiro atoms. The van der Waals surface area contributed by atoms with Gasteiger partial charge in [-0.2, -0.15) is 0 Å². The highest BCUT2D eigenvalue weighted by Gasteiger charge is 2.26. The van der Waals surface area contributed by atoms with Crippen molar-refractivity contribution < 1.29 is 19.1 Å². The van der Waals surface area contributed by atoms with Gasteiger partial charge in [-0.15, -0.1) is 0 Å². The zero-order chi connectivity index (χ0) is 20.2. The minimum atomic E-state index is -0.896. The molecule has 27 heavy (non-hydrogen) atoms. The number of anilines is 1. The van der Waals surface area contributed by atoms with E-state index in [-0.39, 0.29) is 11.4 Å². The molecule has 1 aromatic carbocycles. The number of esters is 1. The van der Waals surface area contributed by atoms with Crippen LogP contribution in [-0.4, -0.2) is 39.4 Å². The number of imidazole rings is 1. The standard InChI is InChI=1S/C18H21ClN4O4/c1-10(17(26)27-18(2,3)4)22-15(24)13-14(21-9-20-13)16(25)23-12-7-5-11(19)6-8-12/h5-10H,1-4H3,(H,20,21)(H,22,24)(H,23,25)/t10-/m1/s1. The summed E-state index contributed by atoms with van der Waals surface area (Å²) in [5, 5.41) is 5.64. The predicted octanol–water partition coefficient (Wildman–Crippen LogP) is 2.78. The highest BCUT2D eigenvalue weighted by Crippen LogP contribution is 2.15. The summed E-state index contributed by atoms with van der Waals surface area (Å²) in [4.78, 5) is 43.3. The Morgan fingerprint density at radius 2 is 1.78 bits per heavy atom. The third-order valence-electron chi connectivity index (χ3n) is 3.29. The van der Waals surface area contributed by atoms with E-state index in [0.717, 1.165) is 0 Å². The SMILES string of the molecule is C[C@@H](NC(=O)c1[nH]cnc1C(=O)Nc1ccc(Cl)cc1)C(=O)OC(C)(C)C. The quantitative estimate of drug-likeness (QED) is 0.677. The number of benzene rings is 1. The van der Waals surface area contributed by atoms with E-state index < -0.39 is 29.4 Å². The van der Waals surface area contributed by atoms with Gasteiger partial charge in [0.05, 0.1) is 6.33 Å². The first-order valence-electron chi connectivity index (χ1n) is 8.21. The van der Waals surface area contributed by atoms with Crippen LogP contribution in [0.2, 0.25) is 5.02 Å². The third-order valence-corrected chi connectivity index (χ3v) is 3.54. The average molecular weight is 393 g/mol. The molecule has 0 saturated heterocycles. The van der Waals surface area contributed by atoms with Crippen LogP contribution in [0.3, 0.4) is 0 Å². The van der Waals surface area contributed by atoms with Gasteiger partial charge in [-0.05, 0) is 52.0 Å². The lowest BCUT2D eigenvalue weighted by atomic mass is 10.2. The number of amides is 2. The van der Waals surface area contributed by atoms with E-state index in [1.807, 2.05) is 0 Å². The molecule has 0 fully saturated rings. The number of halogens is 1. The number of carbonyl (C=O) groups excluding carboxylic acids is 3. The number of hydrogen-bond donors (Lipinski definition) is 3. The van der Waals surface area contributed by atoms with Crippen LogP contribution >= 0.6 is 11.6 Å². The van der Waals surface area contributed by atoms with E-state index in [1.165, 1.54) is 13.3 Å². The van der Waals surface area contributed by atoms with E-state index in [0.29, 0.717) is 10.7 Å². The minimum Gasteiger partial charge on any atom is -0.458 e. The van der Waals surface area contributed by atoms with E-state index in [4.69, 9.17) is 16.3 Å². The molecular weight excluding hydrogens is 372 g/mol. The second-order valence-electron chi connectivity index (χ2n) is 6.82. The Kier molecular flexibility index (Phi) is 6.22. The Labute approximate surface area is 161 Å². The monoisotopic (exact) mass is 392 g/mol. The predicted molar refractivity (Wildman–Crippen MR) is 101 cm³/mol. The summed E-state index contributed by atoms with van der Waals surface area (Å²) in [6, 6.07) is 5.59. The molecule has 0 radical (unpaired) electrons. The lowest BCUT2D eigenvalue weighted by Crippen LogP contribution is -2.42. The third kappa shape index (κ3) is 5.82. The molecule has 0 aliphatic rings. The fraction of sp³-hybridized carbons (Fsp3) is 0.333. The van der Waals surface area contributed by atoms with Crippen LogP contribution in [0, 0.1) is 0 Å². The fourth-order valence-electron chi connectivity index (χ4n) is 2.08. The number of ether oxygens (including phenoxy) is 1. The smallest absolute Gasteiger partial charge is 0.328 e. The van der Waals surface area contributed by atoms with Crippen LogP contribution < -0.4 is 10.6 Å². The van der Waals surface area contributed by atoms with Gasteiger partial charge in [0.25, 0.3) is 11.8 Å². The molecule has 2 aromatic rings. The van der Waals surface area contributed by atoms with Crippen LogP contribution in [0.4, 0.5) is 5.69 Å². The molecular formula is C18H21ClN4O4. The zero-order valence-electron chi connectivity index (χ0n) is 15.4. The first kappa shape index (κ1) is 20.4. The number of aromatic nitrogens is 2. The van der Waals surface area contributed by atoms with Crippen molar-refractivity contribution in [3.63, 3.8) is 0 Å². The lowest BCUT2D eigenvalue weighted by molar-refractivity contribution is -0.156. The normalized spacial score (nSPS) is 12.2. The van der Waals surface area contributed by atoms with Gasteiger partial charge >= 0.3 is 5.97 Å². The number of hydrogen-bond acceptors (Lipinski definition) is 5. The summed E-state index contributed by atoms with van der Waals surface area (Å²) in [5.74, 6) is -1.80. The van der Waals surface area contributed by atoms with Gasteiger partial charge in [0.15, 0.2) is 5.69 Å². The van der Waals surface area contributed by atoms with Gasteiger partial charge in [0, 0.05) is 10.7 Å². The van der Waals surface area contributed by atoms with Gasteiger partial charge in [0.1, 0.15) is 17.3 Å². The molecule has 8 nitrogen and oxygen atoms in total. The maximum Gasteiger partial charge on any atom is 0.328 e. The number of carbonyl (C=O) groups is 3. The summed E-state index contributed by atoms with van der Waals surface area (Å²) in [6.07, 6.45) is 1.23. The van der Waals surface area contributed by atoms with Crippen molar-refractivity contribution in [2.75, 3.05) is 5.32 Å². The Balaban J connectivity index is 2.06. The highest BCUT2D eigenvalue weighted by molar-refractivity contribution is 6.30. The first-order chi connectivity index (χ1) is 12.6. The largest absolute Gasteiger partial charge is 0.458 e. The topological polar surface area (TPSA) is 113 Å². The molecule has 0 unspecified atom stereocenters. The molecule has 2 rings (SSSR count). The van der Waals surface area contributed by atoms with Gasteiger partial charge in [-0.25, -0.2) is 9.78 Å². The van der Waals surface area contributed by atoms with Crippen molar-refractivity contribution in [3.05, 3.63) is 47.0 Å². The molecule has 2 amide bonds. The highest BCUT2D eigenvalue weighted by atomic mass is 35.5. The summed E-state index contributed by atoms with van der Waals surface area (Å²) >= 11 is 5.81. The average Bonchev–Trinajstić information content (AvgIpc) is 3.05. The van der Waals surface area contributed by atoms with Gasteiger partial charge in [0.2, 0.25) is 0 Å². The molecule has 0 saturated carbocycles. The van der Waals surface area contributed by atoms with Crippen LogP contribution in [0.1, 0.15) is 48.7 Å². The fourth-order valence-corrected chi connectivity index (χ4v) is 2.21. The van der Waals surface area contributed by atoms with E-state index >= 15 is 0 Å². The summed E-state index contributed by atoms with van der Waals surface area (Å²) in [5.41, 5.74) is -0.329.